The Balaban J connectivity index is 1.90. The third-order valence-electron chi connectivity index (χ3n) is 5.66. The van der Waals surface area contributed by atoms with Crippen molar-refractivity contribution in [1.29, 1.82) is 0 Å². The first-order valence-electron chi connectivity index (χ1n) is 10.7. The van der Waals surface area contributed by atoms with Crippen LogP contribution in [0.15, 0.2) is 83.9 Å². The minimum atomic E-state index is 0.887. The standard InChI is InChI=1S/C28H32O3/c1-5-24(18-21-6-12-26(29-2)13-7-21)25(19-22-8-14-27(30-3)15-9-22)20-23-10-16-28(31-4)17-11-23/h6-17H,5,18-20H2,1-4H3. The smallest absolute Gasteiger partial charge is 0.118 e. The number of benzene rings is 3. The molecule has 0 atom stereocenters. The van der Waals surface area contributed by atoms with E-state index in [4.69, 9.17) is 14.2 Å². The van der Waals surface area contributed by atoms with E-state index in [1.807, 2.05) is 36.4 Å². The van der Waals surface area contributed by atoms with E-state index < -0.39 is 0 Å². The zero-order valence-electron chi connectivity index (χ0n) is 19.0. The van der Waals surface area contributed by atoms with E-state index in [0.717, 1.165) is 42.9 Å². The predicted molar refractivity (Wildman–Crippen MR) is 127 cm³/mol. The maximum absolute atomic E-state index is 5.32. The van der Waals surface area contributed by atoms with Gasteiger partial charge in [0.1, 0.15) is 17.2 Å². The summed E-state index contributed by atoms with van der Waals surface area (Å²) in [5.74, 6) is 2.67. The van der Waals surface area contributed by atoms with Crippen LogP contribution in [0.4, 0.5) is 0 Å². The molecule has 0 spiro atoms. The second-order valence-electron chi connectivity index (χ2n) is 7.64. The van der Waals surface area contributed by atoms with E-state index in [2.05, 4.69) is 43.3 Å². The Bertz CT molecular complexity index is 917. The van der Waals surface area contributed by atoms with Crippen molar-refractivity contribution in [2.45, 2.75) is 32.6 Å². The van der Waals surface area contributed by atoms with E-state index in [1.165, 1.54) is 27.8 Å². The molecule has 0 heterocycles. The van der Waals surface area contributed by atoms with E-state index >= 15 is 0 Å². The number of ether oxygens (including phenoxy) is 3. The second kappa shape index (κ2) is 11.3. The van der Waals surface area contributed by atoms with Gasteiger partial charge in [0.05, 0.1) is 21.3 Å². The number of allylic oxidation sites excluding steroid dienone is 2. The van der Waals surface area contributed by atoms with Gasteiger partial charge in [0.15, 0.2) is 0 Å². The molecule has 0 amide bonds. The van der Waals surface area contributed by atoms with E-state index in [-0.39, 0.29) is 0 Å². The summed E-state index contributed by atoms with van der Waals surface area (Å²) < 4.78 is 16.0. The molecule has 0 aliphatic carbocycles. The molecule has 0 N–H and O–H groups in total. The lowest BCUT2D eigenvalue weighted by molar-refractivity contribution is 0.414. The summed E-state index contributed by atoms with van der Waals surface area (Å²) in [6.45, 7) is 2.25. The van der Waals surface area contributed by atoms with Gasteiger partial charge in [0, 0.05) is 0 Å². The molecule has 162 valence electrons. The molecule has 0 unspecified atom stereocenters. The maximum atomic E-state index is 5.32. The molecule has 3 aromatic carbocycles. The van der Waals surface area contributed by atoms with Gasteiger partial charge in [-0.3, -0.25) is 0 Å². The van der Waals surface area contributed by atoms with Crippen LogP contribution >= 0.6 is 0 Å². The minimum Gasteiger partial charge on any atom is -0.497 e. The number of methoxy groups -OCH3 is 3. The van der Waals surface area contributed by atoms with Gasteiger partial charge in [-0.05, 0) is 78.8 Å². The highest BCUT2D eigenvalue weighted by atomic mass is 16.5. The predicted octanol–water partition coefficient (Wildman–Crippen LogP) is 6.45. The zero-order valence-corrected chi connectivity index (χ0v) is 19.0. The highest BCUT2D eigenvalue weighted by Gasteiger charge is 2.10. The molecule has 0 radical (unpaired) electrons. The van der Waals surface area contributed by atoms with Gasteiger partial charge in [0.25, 0.3) is 0 Å². The van der Waals surface area contributed by atoms with Crippen LogP contribution in [0.25, 0.3) is 0 Å². The molecule has 3 heteroatoms. The third-order valence-corrected chi connectivity index (χ3v) is 5.66. The summed E-state index contributed by atoms with van der Waals surface area (Å²) in [4.78, 5) is 0. The van der Waals surface area contributed by atoms with Crippen molar-refractivity contribution in [3.63, 3.8) is 0 Å². The van der Waals surface area contributed by atoms with Crippen LogP contribution in [0.1, 0.15) is 30.0 Å². The number of hydrogen-bond donors (Lipinski definition) is 0. The van der Waals surface area contributed by atoms with Crippen LogP contribution in [-0.4, -0.2) is 21.3 Å². The fraction of sp³-hybridized carbons (Fsp3) is 0.286. The Morgan fingerprint density at radius 3 is 1.03 bits per heavy atom. The molecule has 0 saturated carbocycles. The van der Waals surface area contributed by atoms with Crippen molar-refractivity contribution in [3.8, 4) is 17.2 Å². The quantitative estimate of drug-likeness (QED) is 0.356. The first-order chi connectivity index (χ1) is 15.1. The second-order valence-corrected chi connectivity index (χ2v) is 7.64. The van der Waals surface area contributed by atoms with Crippen molar-refractivity contribution in [3.05, 3.63) is 101 Å². The topological polar surface area (TPSA) is 27.7 Å². The molecule has 3 rings (SSSR count). The molecule has 0 bridgehead atoms. The highest BCUT2D eigenvalue weighted by Crippen LogP contribution is 2.25. The van der Waals surface area contributed by atoms with Gasteiger partial charge in [-0.1, -0.05) is 54.5 Å². The Hall–Kier alpha value is -3.20. The summed E-state index contributed by atoms with van der Waals surface area (Å²) in [6, 6.07) is 25.2. The van der Waals surface area contributed by atoms with Crippen LogP contribution in [-0.2, 0) is 19.3 Å². The fourth-order valence-corrected chi connectivity index (χ4v) is 3.78. The summed E-state index contributed by atoms with van der Waals surface area (Å²) in [5.41, 5.74) is 6.85. The first-order valence-corrected chi connectivity index (χ1v) is 10.7. The summed E-state index contributed by atoms with van der Waals surface area (Å²) in [6.07, 6.45) is 3.82. The van der Waals surface area contributed by atoms with Gasteiger partial charge in [-0.25, -0.2) is 0 Å². The molecule has 0 aliphatic rings. The van der Waals surface area contributed by atoms with Crippen LogP contribution < -0.4 is 14.2 Å². The van der Waals surface area contributed by atoms with Crippen molar-refractivity contribution in [2.24, 2.45) is 0 Å². The molecular weight excluding hydrogens is 384 g/mol. The molecule has 0 aromatic heterocycles. The lowest BCUT2D eigenvalue weighted by Crippen LogP contribution is -2.03. The zero-order chi connectivity index (χ0) is 22.1. The molecule has 3 nitrogen and oxygen atoms in total. The third kappa shape index (κ3) is 6.39. The van der Waals surface area contributed by atoms with Gasteiger partial charge in [-0.2, -0.15) is 0 Å². The van der Waals surface area contributed by atoms with Crippen LogP contribution in [0.3, 0.4) is 0 Å². The lowest BCUT2D eigenvalue weighted by atomic mass is 9.89. The average Bonchev–Trinajstić information content (AvgIpc) is 2.83. The fourth-order valence-electron chi connectivity index (χ4n) is 3.78. The molecule has 0 aliphatic heterocycles. The Labute approximate surface area is 186 Å². The summed E-state index contributed by atoms with van der Waals surface area (Å²) in [7, 11) is 5.11. The Morgan fingerprint density at radius 1 is 0.484 bits per heavy atom. The largest absolute Gasteiger partial charge is 0.497 e. The normalized spacial score (nSPS) is 10.5. The van der Waals surface area contributed by atoms with E-state index in [1.54, 1.807) is 21.3 Å². The van der Waals surface area contributed by atoms with E-state index in [0.29, 0.717) is 0 Å². The Kier molecular flexibility index (Phi) is 8.17. The Morgan fingerprint density at radius 2 is 0.774 bits per heavy atom. The summed E-state index contributed by atoms with van der Waals surface area (Å²) in [5, 5.41) is 0. The van der Waals surface area contributed by atoms with E-state index in [9.17, 15) is 0 Å². The van der Waals surface area contributed by atoms with Gasteiger partial charge in [-0.15, -0.1) is 0 Å². The van der Waals surface area contributed by atoms with Crippen LogP contribution in [0, 0.1) is 0 Å². The average molecular weight is 417 g/mol. The van der Waals surface area contributed by atoms with Crippen LogP contribution in [0.2, 0.25) is 0 Å². The van der Waals surface area contributed by atoms with Gasteiger partial charge < -0.3 is 14.2 Å². The molecule has 0 saturated heterocycles. The monoisotopic (exact) mass is 416 g/mol. The van der Waals surface area contributed by atoms with Crippen molar-refractivity contribution < 1.29 is 14.2 Å². The van der Waals surface area contributed by atoms with Gasteiger partial charge >= 0.3 is 0 Å². The van der Waals surface area contributed by atoms with Crippen molar-refractivity contribution in [2.75, 3.05) is 21.3 Å². The van der Waals surface area contributed by atoms with Crippen molar-refractivity contribution in [1.82, 2.24) is 0 Å². The number of rotatable bonds is 10. The molecular formula is C28H32O3. The first kappa shape index (κ1) is 22.5. The summed E-state index contributed by atoms with van der Waals surface area (Å²) >= 11 is 0. The van der Waals surface area contributed by atoms with Crippen LogP contribution in [0.5, 0.6) is 17.2 Å². The van der Waals surface area contributed by atoms with Crippen molar-refractivity contribution >= 4 is 0 Å². The number of hydrogen-bond acceptors (Lipinski definition) is 3. The molecule has 31 heavy (non-hydrogen) atoms. The molecule has 0 fully saturated rings. The SMILES string of the molecule is CCC(Cc1ccc(OC)cc1)=C(Cc1ccc(OC)cc1)Cc1ccc(OC)cc1. The minimum absolute atomic E-state index is 0.887. The van der Waals surface area contributed by atoms with Gasteiger partial charge in [0.2, 0.25) is 0 Å². The highest BCUT2D eigenvalue weighted by molar-refractivity contribution is 5.37. The maximum Gasteiger partial charge on any atom is 0.118 e. The lowest BCUT2D eigenvalue weighted by Gasteiger charge is -2.16. The molecule has 3 aromatic rings.